The van der Waals surface area contributed by atoms with E-state index in [1.807, 2.05) is 0 Å². The number of esters is 2. The zero-order chi connectivity index (χ0) is 32.4. The third-order valence-corrected chi connectivity index (χ3v) is 11.9. The Labute approximate surface area is 277 Å². The van der Waals surface area contributed by atoms with Gasteiger partial charge in [-0.25, -0.2) is 0 Å². The summed E-state index contributed by atoms with van der Waals surface area (Å²) in [6.45, 7) is 8.19. The Morgan fingerprint density at radius 1 is 0.600 bits per heavy atom. The van der Waals surface area contributed by atoms with Crippen LogP contribution in [0.5, 0.6) is 0 Å². The smallest absolute Gasteiger partial charge is 0.305 e. The number of aliphatic hydroxyl groups is 1. The van der Waals surface area contributed by atoms with Gasteiger partial charge in [0.2, 0.25) is 0 Å². The highest BCUT2D eigenvalue weighted by atomic mass is 16.5. The molecule has 0 unspecified atom stereocenters. The summed E-state index contributed by atoms with van der Waals surface area (Å²) in [4.78, 5) is 24.8. The van der Waals surface area contributed by atoms with Crippen molar-refractivity contribution >= 4 is 11.9 Å². The SMILES string of the molecule is CCCCCCCCC(=O)OCCC[C@]12C[C@H]3C[C@](CCCO)(C[C@](CCCOC(=O)CCCCC(CCC)CCC)(C3)C1)C2. The van der Waals surface area contributed by atoms with E-state index in [1.54, 1.807) is 0 Å². The quantitative estimate of drug-likeness (QED) is 0.0720. The van der Waals surface area contributed by atoms with E-state index >= 15 is 0 Å². The molecule has 0 aromatic carbocycles. The zero-order valence-electron chi connectivity index (χ0n) is 29.9. The summed E-state index contributed by atoms with van der Waals surface area (Å²) in [7, 11) is 0. The van der Waals surface area contributed by atoms with Gasteiger partial charge in [-0.05, 0) is 118 Å². The van der Waals surface area contributed by atoms with E-state index in [0.717, 1.165) is 76.0 Å². The van der Waals surface area contributed by atoms with Crippen LogP contribution < -0.4 is 0 Å². The fourth-order valence-corrected chi connectivity index (χ4v) is 10.8. The highest BCUT2D eigenvalue weighted by Crippen LogP contribution is 2.73. The fraction of sp³-hybridized carbons (Fsp3) is 0.950. The lowest BCUT2D eigenvalue weighted by atomic mass is 9.37. The van der Waals surface area contributed by atoms with Crippen LogP contribution in [-0.4, -0.2) is 36.9 Å². The molecule has 0 radical (unpaired) electrons. The summed E-state index contributed by atoms with van der Waals surface area (Å²) in [6.07, 6.45) is 30.9. The van der Waals surface area contributed by atoms with E-state index < -0.39 is 0 Å². The van der Waals surface area contributed by atoms with Crippen LogP contribution in [0, 0.1) is 28.1 Å². The van der Waals surface area contributed by atoms with Gasteiger partial charge in [-0.1, -0.05) is 91.4 Å². The molecule has 5 heteroatoms. The van der Waals surface area contributed by atoms with Gasteiger partial charge in [-0.15, -0.1) is 0 Å². The molecule has 0 aliphatic heterocycles. The molecule has 262 valence electrons. The molecule has 5 nitrogen and oxygen atoms in total. The molecule has 0 heterocycles. The van der Waals surface area contributed by atoms with Gasteiger partial charge in [0.1, 0.15) is 0 Å². The maximum Gasteiger partial charge on any atom is 0.305 e. The number of carbonyl (C=O) groups excluding carboxylic acids is 2. The second-order valence-electron chi connectivity index (χ2n) is 16.2. The van der Waals surface area contributed by atoms with Crippen molar-refractivity contribution in [2.24, 2.45) is 28.1 Å². The second kappa shape index (κ2) is 20.3. The van der Waals surface area contributed by atoms with E-state index in [4.69, 9.17) is 9.47 Å². The maximum atomic E-state index is 12.5. The number of ether oxygens (including phenoxy) is 2. The molecular weight excluding hydrogens is 560 g/mol. The number of hydrogen-bond donors (Lipinski definition) is 1. The Hall–Kier alpha value is -1.10. The molecule has 0 saturated heterocycles. The first-order chi connectivity index (χ1) is 21.8. The van der Waals surface area contributed by atoms with Gasteiger partial charge in [0.15, 0.2) is 0 Å². The van der Waals surface area contributed by atoms with Crippen LogP contribution in [0.25, 0.3) is 0 Å². The van der Waals surface area contributed by atoms with Crippen LogP contribution in [0.4, 0.5) is 0 Å². The van der Waals surface area contributed by atoms with Gasteiger partial charge in [0, 0.05) is 19.4 Å². The first-order valence-corrected chi connectivity index (χ1v) is 19.7. The topological polar surface area (TPSA) is 72.8 Å². The monoisotopic (exact) mass is 633 g/mol. The molecule has 4 saturated carbocycles. The molecule has 4 bridgehead atoms. The number of aliphatic hydroxyl groups excluding tert-OH is 1. The van der Waals surface area contributed by atoms with Crippen molar-refractivity contribution in [2.45, 2.75) is 194 Å². The maximum absolute atomic E-state index is 12.5. The summed E-state index contributed by atoms with van der Waals surface area (Å²) in [5.74, 6) is 1.58. The number of rotatable bonds is 27. The van der Waals surface area contributed by atoms with Crippen molar-refractivity contribution in [1.29, 1.82) is 0 Å². The van der Waals surface area contributed by atoms with E-state index in [1.165, 1.54) is 96.3 Å². The van der Waals surface area contributed by atoms with Crippen molar-refractivity contribution in [1.82, 2.24) is 0 Å². The molecular formula is C40H72O5. The van der Waals surface area contributed by atoms with Crippen LogP contribution in [-0.2, 0) is 19.1 Å². The lowest BCUT2D eigenvalue weighted by Gasteiger charge is -2.67. The van der Waals surface area contributed by atoms with Crippen molar-refractivity contribution in [3.8, 4) is 0 Å². The highest BCUT2D eigenvalue weighted by Gasteiger charge is 2.62. The lowest BCUT2D eigenvalue weighted by molar-refractivity contribution is -0.172. The number of carbonyl (C=O) groups is 2. The van der Waals surface area contributed by atoms with Crippen LogP contribution in [0.3, 0.4) is 0 Å². The van der Waals surface area contributed by atoms with Crippen molar-refractivity contribution < 1.29 is 24.2 Å². The third-order valence-electron chi connectivity index (χ3n) is 11.9. The first kappa shape index (κ1) is 38.3. The predicted molar refractivity (Wildman–Crippen MR) is 185 cm³/mol. The summed E-state index contributed by atoms with van der Waals surface area (Å²) in [5, 5.41) is 9.72. The minimum Gasteiger partial charge on any atom is -0.466 e. The molecule has 45 heavy (non-hydrogen) atoms. The average Bonchev–Trinajstić information content (AvgIpc) is 3.00. The minimum atomic E-state index is -0.0152. The molecule has 4 aliphatic rings. The molecule has 4 aliphatic carbocycles. The van der Waals surface area contributed by atoms with Gasteiger partial charge in [0.25, 0.3) is 0 Å². The number of unbranched alkanes of at least 4 members (excludes halogenated alkanes) is 6. The Morgan fingerprint density at radius 3 is 1.56 bits per heavy atom. The summed E-state index contributed by atoms with van der Waals surface area (Å²) in [6, 6.07) is 0. The van der Waals surface area contributed by atoms with E-state index in [0.29, 0.717) is 42.3 Å². The highest BCUT2D eigenvalue weighted by molar-refractivity contribution is 5.69. The first-order valence-electron chi connectivity index (χ1n) is 19.7. The number of hydrogen-bond acceptors (Lipinski definition) is 5. The van der Waals surface area contributed by atoms with Gasteiger partial charge in [-0.2, -0.15) is 0 Å². The van der Waals surface area contributed by atoms with E-state index in [-0.39, 0.29) is 18.5 Å². The Kier molecular flexibility index (Phi) is 17.3. The van der Waals surface area contributed by atoms with Crippen molar-refractivity contribution in [3.63, 3.8) is 0 Å². The van der Waals surface area contributed by atoms with Gasteiger partial charge in [0.05, 0.1) is 13.2 Å². The Balaban J connectivity index is 1.42. The minimum absolute atomic E-state index is 0.00929. The zero-order valence-corrected chi connectivity index (χ0v) is 29.9. The second-order valence-corrected chi connectivity index (χ2v) is 16.2. The summed E-state index contributed by atoms with van der Waals surface area (Å²) in [5.41, 5.74) is 1.06. The molecule has 0 spiro atoms. The fourth-order valence-electron chi connectivity index (χ4n) is 10.8. The molecule has 4 fully saturated rings. The van der Waals surface area contributed by atoms with Crippen LogP contribution in [0.1, 0.15) is 194 Å². The molecule has 4 atom stereocenters. The molecule has 0 aromatic heterocycles. The molecule has 0 aromatic rings. The molecule has 0 amide bonds. The van der Waals surface area contributed by atoms with Crippen molar-refractivity contribution in [2.75, 3.05) is 19.8 Å². The van der Waals surface area contributed by atoms with Gasteiger partial charge in [-0.3, -0.25) is 9.59 Å². The molecule has 1 N–H and O–H groups in total. The standard InChI is InChI=1S/C40H72O5/c1-4-7-8-9-10-11-20-36(42)44-26-15-23-39-29-35-28-38(31-39,22-14-25-41)32-40(30-35,33-39)24-16-27-45-37(43)21-13-12-19-34(17-5-2)18-6-3/h34-35,41H,4-33H2,1-3H3/t35-,38+,39-,40+/m1/s1. The third kappa shape index (κ3) is 13.1. The van der Waals surface area contributed by atoms with Gasteiger partial charge < -0.3 is 14.6 Å². The summed E-state index contributed by atoms with van der Waals surface area (Å²) >= 11 is 0. The van der Waals surface area contributed by atoms with Gasteiger partial charge >= 0.3 is 11.9 Å². The normalized spacial score (nSPS) is 26.9. The summed E-state index contributed by atoms with van der Waals surface area (Å²) < 4.78 is 11.5. The average molecular weight is 633 g/mol. The van der Waals surface area contributed by atoms with E-state index in [2.05, 4.69) is 20.8 Å². The van der Waals surface area contributed by atoms with Crippen LogP contribution >= 0.6 is 0 Å². The molecule has 4 rings (SSSR count). The lowest BCUT2D eigenvalue weighted by Crippen LogP contribution is -2.57. The Morgan fingerprint density at radius 2 is 1.07 bits per heavy atom. The largest absolute Gasteiger partial charge is 0.466 e. The van der Waals surface area contributed by atoms with Crippen LogP contribution in [0.2, 0.25) is 0 Å². The van der Waals surface area contributed by atoms with Crippen LogP contribution in [0.15, 0.2) is 0 Å². The van der Waals surface area contributed by atoms with Crippen molar-refractivity contribution in [3.05, 3.63) is 0 Å². The van der Waals surface area contributed by atoms with E-state index in [9.17, 15) is 14.7 Å². The predicted octanol–water partition coefficient (Wildman–Crippen LogP) is 10.9. The Bertz CT molecular complexity index is 837.